The summed E-state index contributed by atoms with van der Waals surface area (Å²) in [5.74, 6) is 2.28. The van der Waals surface area contributed by atoms with Gasteiger partial charge in [-0.05, 0) is 56.6 Å². The van der Waals surface area contributed by atoms with Gasteiger partial charge in [-0.3, -0.25) is 0 Å². The van der Waals surface area contributed by atoms with E-state index in [4.69, 9.17) is 5.73 Å². The molecule has 1 nitrogen and oxygen atoms in total. The van der Waals surface area contributed by atoms with Crippen molar-refractivity contribution in [3.63, 3.8) is 0 Å². The summed E-state index contributed by atoms with van der Waals surface area (Å²) < 4.78 is 0. The van der Waals surface area contributed by atoms with Gasteiger partial charge in [0, 0.05) is 0 Å². The Morgan fingerprint density at radius 1 is 1.06 bits per heavy atom. The second-order valence-corrected chi connectivity index (χ2v) is 6.28. The molecule has 1 atom stereocenters. The van der Waals surface area contributed by atoms with E-state index in [2.05, 4.69) is 39.0 Å². The van der Waals surface area contributed by atoms with Crippen LogP contribution in [0.1, 0.15) is 55.2 Å². The lowest BCUT2D eigenvalue weighted by atomic mass is 9.73. The van der Waals surface area contributed by atoms with Gasteiger partial charge in [0.15, 0.2) is 0 Å². The predicted octanol–water partition coefficient (Wildman–Crippen LogP) is 4.17. The summed E-state index contributed by atoms with van der Waals surface area (Å²) in [5.41, 5.74) is 10.3. The SMILES string of the molecule is Cc1cc(C)cc(C(CN)C2CCC(C)CC2)c1. The molecule has 0 radical (unpaired) electrons. The fourth-order valence-electron chi connectivity index (χ4n) is 3.51. The molecule has 1 aliphatic rings. The van der Waals surface area contributed by atoms with Gasteiger partial charge in [0.05, 0.1) is 0 Å². The molecule has 1 saturated carbocycles. The fourth-order valence-corrected chi connectivity index (χ4v) is 3.51. The maximum Gasteiger partial charge on any atom is -0.000556 e. The fraction of sp³-hybridized carbons (Fsp3) is 0.647. The largest absolute Gasteiger partial charge is 0.330 e. The van der Waals surface area contributed by atoms with Crippen LogP contribution in [-0.2, 0) is 0 Å². The van der Waals surface area contributed by atoms with Crippen molar-refractivity contribution in [1.29, 1.82) is 0 Å². The molecule has 1 aromatic carbocycles. The number of hydrogen-bond donors (Lipinski definition) is 1. The van der Waals surface area contributed by atoms with Crippen LogP contribution in [0.3, 0.4) is 0 Å². The molecule has 100 valence electrons. The van der Waals surface area contributed by atoms with E-state index in [-0.39, 0.29) is 0 Å². The number of benzene rings is 1. The van der Waals surface area contributed by atoms with Gasteiger partial charge in [0.2, 0.25) is 0 Å². The molecular weight excluding hydrogens is 218 g/mol. The molecule has 0 heterocycles. The minimum absolute atomic E-state index is 0.566. The molecule has 0 saturated heterocycles. The van der Waals surface area contributed by atoms with Crippen LogP contribution in [0.4, 0.5) is 0 Å². The summed E-state index contributed by atoms with van der Waals surface area (Å²) in [7, 11) is 0. The van der Waals surface area contributed by atoms with Crippen LogP contribution in [0.25, 0.3) is 0 Å². The third-order valence-corrected chi connectivity index (χ3v) is 4.56. The van der Waals surface area contributed by atoms with Gasteiger partial charge in [-0.2, -0.15) is 0 Å². The topological polar surface area (TPSA) is 26.0 Å². The van der Waals surface area contributed by atoms with E-state index in [1.54, 1.807) is 0 Å². The van der Waals surface area contributed by atoms with Crippen molar-refractivity contribution in [1.82, 2.24) is 0 Å². The van der Waals surface area contributed by atoms with Crippen molar-refractivity contribution in [2.45, 2.75) is 52.4 Å². The lowest BCUT2D eigenvalue weighted by Gasteiger charge is -2.32. The smallest absolute Gasteiger partial charge is 0.000556 e. The quantitative estimate of drug-likeness (QED) is 0.849. The first-order valence-corrected chi connectivity index (χ1v) is 7.38. The van der Waals surface area contributed by atoms with E-state index in [0.29, 0.717) is 5.92 Å². The number of hydrogen-bond acceptors (Lipinski definition) is 1. The summed E-state index contributed by atoms with van der Waals surface area (Å²) >= 11 is 0. The molecule has 2 N–H and O–H groups in total. The van der Waals surface area contributed by atoms with Crippen molar-refractivity contribution < 1.29 is 0 Å². The Morgan fingerprint density at radius 3 is 2.11 bits per heavy atom. The van der Waals surface area contributed by atoms with Crippen molar-refractivity contribution in [3.8, 4) is 0 Å². The number of aryl methyl sites for hydroxylation is 2. The summed E-state index contributed by atoms with van der Waals surface area (Å²) in [6.07, 6.45) is 5.48. The van der Waals surface area contributed by atoms with Gasteiger partial charge < -0.3 is 5.73 Å². The molecular formula is C17H27N. The second kappa shape index (κ2) is 5.88. The minimum atomic E-state index is 0.566. The molecule has 0 aliphatic heterocycles. The van der Waals surface area contributed by atoms with Crippen LogP contribution in [0.5, 0.6) is 0 Å². The van der Waals surface area contributed by atoms with Gasteiger partial charge in [0.25, 0.3) is 0 Å². The molecule has 18 heavy (non-hydrogen) atoms. The highest BCUT2D eigenvalue weighted by atomic mass is 14.6. The average molecular weight is 245 g/mol. The van der Waals surface area contributed by atoms with E-state index in [9.17, 15) is 0 Å². The summed E-state index contributed by atoms with van der Waals surface area (Å²) in [5, 5.41) is 0. The van der Waals surface area contributed by atoms with E-state index in [1.807, 2.05) is 0 Å². The normalized spacial score (nSPS) is 26.0. The zero-order chi connectivity index (χ0) is 13.1. The molecule has 1 aromatic rings. The maximum atomic E-state index is 6.07. The van der Waals surface area contributed by atoms with Crippen LogP contribution >= 0.6 is 0 Å². The first-order chi connectivity index (χ1) is 8.60. The Hall–Kier alpha value is -0.820. The first-order valence-electron chi connectivity index (χ1n) is 7.38. The van der Waals surface area contributed by atoms with E-state index in [0.717, 1.165) is 18.4 Å². The second-order valence-electron chi connectivity index (χ2n) is 6.28. The van der Waals surface area contributed by atoms with Crippen molar-refractivity contribution in [2.24, 2.45) is 17.6 Å². The highest BCUT2D eigenvalue weighted by molar-refractivity contribution is 5.31. The van der Waals surface area contributed by atoms with E-state index >= 15 is 0 Å². The Morgan fingerprint density at radius 2 is 1.61 bits per heavy atom. The highest BCUT2D eigenvalue weighted by Gasteiger charge is 2.26. The highest BCUT2D eigenvalue weighted by Crippen LogP contribution is 2.38. The van der Waals surface area contributed by atoms with E-state index in [1.165, 1.54) is 42.4 Å². The molecule has 1 heteroatoms. The van der Waals surface area contributed by atoms with Crippen LogP contribution in [-0.4, -0.2) is 6.54 Å². The van der Waals surface area contributed by atoms with Crippen LogP contribution in [0.2, 0.25) is 0 Å². The van der Waals surface area contributed by atoms with Crippen LogP contribution in [0.15, 0.2) is 18.2 Å². The third kappa shape index (κ3) is 3.14. The van der Waals surface area contributed by atoms with Gasteiger partial charge in [-0.25, -0.2) is 0 Å². The molecule has 1 fully saturated rings. The van der Waals surface area contributed by atoms with Gasteiger partial charge >= 0.3 is 0 Å². The Bertz CT molecular complexity index is 368. The maximum absolute atomic E-state index is 6.07. The lowest BCUT2D eigenvalue weighted by Crippen LogP contribution is -2.25. The molecule has 0 aromatic heterocycles. The zero-order valence-electron chi connectivity index (χ0n) is 12.1. The van der Waals surface area contributed by atoms with Crippen molar-refractivity contribution in [3.05, 3.63) is 34.9 Å². The van der Waals surface area contributed by atoms with Crippen LogP contribution < -0.4 is 5.73 Å². The molecule has 0 bridgehead atoms. The Labute approximate surface area is 112 Å². The van der Waals surface area contributed by atoms with Crippen molar-refractivity contribution >= 4 is 0 Å². The van der Waals surface area contributed by atoms with Gasteiger partial charge in [-0.1, -0.05) is 49.1 Å². The molecule has 1 aliphatic carbocycles. The van der Waals surface area contributed by atoms with Crippen molar-refractivity contribution in [2.75, 3.05) is 6.54 Å². The predicted molar refractivity (Wildman–Crippen MR) is 78.8 cm³/mol. The van der Waals surface area contributed by atoms with Gasteiger partial charge in [-0.15, -0.1) is 0 Å². The summed E-state index contributed by atoms with van der Waals surface area (Å²) in [4.78, 5) is 0. The standard InChI is InChI=1S/C17H27N/c1-12-4-6-15(7-5-12)17(11-18)16-9-13(2)8-14(3)10-16/h8-10,12,15,17H,4-7,11,18H2,1-3H3. The first kappa shape index (κ1) is 13.6. The Kier molecular flexibility index (Phi) is 4.45. The van der Waals surface area contributed by atoms with E-state index < -0.39 is 0 Å². The molecule has 2 rings (SSSR count). The zero-order valence-corrected chi connectivity index (χ0v) is 12.1. The molecule has 0 amide bonds. The molecule has 0 spiro atoms. The lowest BCUT2D eigenvalue weighted by molar-refractivity contribution is 0.256. The minimum Gasteiger partial charge on any atom is -0.330 e. The third-order valence-electron chi connectivity index (χ3n) is 4.56. The summed E-state index contributed by atoms with van der Waals surface area (Å²) in [6, 6.07) is 6.92. The average Bonchev–Trinajstić information content (AvgIpc) is 2.31. The number of nitrogens with two attached hydrogens (primary N) is 1. The monoisotopic (exact) mass is 245 g/mol. The summed E-state index contributed by atoms with van der Waals surface area (Å²) in [6.45, 7) is 7.55. The van der Waals surface area contributed by atoms with Crippen LogP contribution in [0, 0.1) is 25.7 Å². The van der Waals surface area contributed by atoms with Gasteiger partial charge in [0.1, 0.15) is 0 Å². The molecule has 1 unspecified atom stereocenters. The Balaban J connectivity index is 2.17. The number of rotatable bonds is 3.